The molecule has 1 saturated carbocycles. The zero-order valence-corrected chi connectivity index (χ0v) is 19.3. The Kier molecular flexibility index (Phi) is 6.03. The van der Waals surface area contributed by atoms with Crippen molar-refractivity contribution in [2.45, 2.75) is 62.4 Å². The van der Waals surface area contributed by atoms with Gasteiger partial charge in [0.05, 0.1) is 4.90 Å². The topological polar surface area (TPSA) is 93.1 Å². The average molecular weight is 465 g/mol. The van der Waals surface area contributed by atoms with E-state index in [4.69, 9.17) is 0 Å². The molecule has 1 amide bonds. The molecule has 1 fully saturated rings. The number of aromatic nitrogens is 2. The Labute approximate surface area is 194 Å². The summed E-state index contributed by atoms with van der Waals surface area (Å²) in [6, 6.07) is 13.7. The third-order valence-electron chi connectivity index (χ3n) is 6.49. The van der Waals surface area contributed by atoms with Gasteiger partial charge in [-0.25, -0.2) is 18.1 Å². The molecule has 2 heterocycles. The fraction of sp³-hybridized carbons (Fsp3) is 0.360. The van der Waals surface area contributed by atoms with Crippen LogP contribution >= 0.6 is 0 Å². The summed E-state index contributed by atoms with van der Waals surface area (Å²) in [5.74, 6) is 0.606. The Bertz CT molecular complexity index is 1260. The molecule has 0 bridgehead atoms. The predicted octanol–water partition coefficient (Wildman–Crippen LogP) is 4.36. The van der Waals surface area contributed by atoms with Crippen LogP contribution in [0.5, 0.6) is 0 Å². The number of carbonyl (C=O) groups is 1. The van der Waals surface area contributed by atoms with E-state index in [1.165, 1.54) is 24.2 Å². The van der Waals surface area contributed by atoms with Crippen molar-refractivity contribution >= 4 is 21.6 Å². The number of fused-ring (bicyclic) bond motifs is 1. The third-order valence-corrected chi connectivity index (χ3v) is 8.01. The summed E-state index contributed by atoms with van der Waals surface area (Å²) in [5.41, 5.74) is 3.22. The number of hydrogen-bond acceptors (Lipinski definition) is 4. The van der Waals surface area contributed by atoms with Gasteiger partial charge in [-0.2, -0.15) is 0 Å². The summed E-state index contributed by atoms with van der Waals surface area (Å²) in [6.07, 6.45) is 9.17. The Morgan fingerprint density at radius 2 is 1.79 bits per heavy atom. The highest BCUT2D eigenvalue weighted by molar-refractivity contribution is 7.89. The first-order chi connectivity index (χ1) is 16.0. The van der Waals surface area contributed by atoms with Gasteiger partial charge in [-0.05, 0) is 74.6 Å². The van der Waals surface area contributed by atoms with E-state index in [0.717, 1.165) is 56.5 Å². The van der Waals surface area contributed by atoms with Crippen LogP contribution in [0.3, 0.4) is 0 Å². The van der Waals surface area contributed by atoms with Crippen molar-refractivity contribution in [2.24, 2.45) is 0 Å². The lowest BCUT2D eigenvalue weighted by Crippen LogP contribution is -2.32. The molecule has 2 aromatic carbocycles. The first kappa shape index (κ1) is 21.9. The van der Waals surface area contributed by atoms with Crippen molar-refractivity contribution in [3.05, 3.63) is 66.0 Å². The van der Waals surface area contributed by atoms with Crippen molar-refractivity contribution in [2.75, 3.05) is 5.32 Å². The minimum absolute atomic E-state index is 0.0216. The SMILES string of the molecule is O=C(Nc1ccc(-c2ncc3n2CCCC3)cc1)c1cccc(S(=O)(=O)NC2CCCC2)c1. The second-order valence-electron chi connectivity index (χ2n) is 8.84. The molecular weight excluding hydrogens is 436 g/mol. The van der Waals surface area contributed by atoms with Gasteiger partial charge in [-0.3, -0.25) is 4.79 Å². The molecule has 0 atom stereocenters. The number of hydrogen-bond donors (Lipinski definition) is 2. The lowest BCUT2D eigenvalue weighted by atomic mass is 10.1. The van der Waals surface area contributed by atoms with Crippen LogP contribution in [0.2, 0.25) is 0 Å². The van der Waals surface area contributed by atoms with Crippen LogP contribution < -0.4 is 10.0 Å². The number of aryl methyl sites for hydroxylation is 1. The second-order valence-corrected chi connectivity index (χ2v) is 10.6. The molecule has 0 spiro atoms. The highest BCUT2D eigenvalue weighted by Crippen LogP contribution is 2.26. The van der Waals surface area contributed by atoms with Crippen molar-refractivity contribution < 1.29 is 13.2 Å². The summed E-state index contributed by atoms with van der Waals surface area (Å²) in [5, 5.41) is 2.86. The molecule has 33 heavy (non-hydrogen) atoms. The van der Waals surface area contributed by atoms with Gasteiger partial charge in [-0.15, -0.1) is 0 Å². The minimum Gasteiger partial charge on any atom is -0.328 e. The lowest BCUT2D eigenvalue weighted by molar-refractivity contribution is 0.102. The van der Waals surface area contributed by atoms with Crippen LogP contribution in [0.4, 0.5) is 5.69 Å². The average Bonchev–Trinajstić information content (AvgIpc) is 3.49. The quantitative estimate of drug-likeness (QED) is 0.567. The molecule has 8 heteroatoms. The van der Waals surface area contributed by atoms with Gasteiger partial charge in [0, 0.05) is 41.3 Å². The van der Waals surface area contributed by atoms with E-state index in [0.29, 0.717) is 11.3 Å². The van der Waals surface area contributed by atoms with Crippen LogP contribution in [0.1, 0.15) is 54.6 Å². The number of nitrogens with zero attached hydrogens (tertiary/aromatic N) is 2. The monoisotopic (exact) mass is 464 g/mol. The minimum atomic E-state index is -3.65. The lowest BCUT2D eigenvalue weighted by Gasteiger charge is -2.16. The summed E-state index contributed by atoms with van der Waals surface area (Å²) < 4.78 is 30.5. The maximum Gasteiger partial charge on any atom is 0.255 e. The van der Waals surface area contributed by atoms with Gasteiger partial charge in [-0.1, -0.05) is 18.9 Å². The second kappa shape index (κ2) is 9.11. The zero-order chi connectivity index (χ0) is 22.8. The molecular formula is C25H28N4O3S. The molecule has 0 unspecified atom stereocenters. The fourth-order valence-electron chi connectivity index (χ4n) is 4.71. The first-order valence-corrected chi connectivity index (χ1v) is 13.1. The molecule has 3 aromatic rings. The fourth-order valence-corrected chi connectivity index (χ4v) is 6.06. The smallest absolute Gasteiger partial charge is 0.255 e. The summed E-state index contributed by atoms with van der Waals surface area (Å²) in [7, 11) is -3.65. The molecule has 0 radical (unpaired) electrons. The highest BCUT2D eigenvalue weighted by atomic mass is 32.2. The van der Waals surface area contributed by atoms with Crippen molar-refractivity contribution in [3.8, 4) is 11.4 Å². The van der Waals surface area contributed by atoms with Crippen molar-refractivity contribution in [1.29, 1.82) is 0 Å². The van der Waals surface area contributed by atoms with Crippen LogP contribution in [0, 0.1) is 0 Å². The van der Waals surface area contributed by atoms with Gasteiger partial charge in [0.1, 0.15) is 5.82 Å². The van der Waals surface area contributed by atoms with Crippen LogP contribution in [0.15, 0.2) is 59.6 Å². The molecule has 1 aromatic heterocycles. The van der Waals surface area contributed by atoms with Crippen LogP contribution in [-0.2, 0) is 23.0 Å². The first-order valence-electron chi connectivity index (χ1n) is 11.6. The summed E-state index contributed by atoms with van der Waals surface area (Å²) in [6.45, 7) is 0.984. The van der Waals surface area contributed by atoms with Gasteiger partial charge < -0.3 is 9.88 Å². The third kappa shape index (κ3) is 4.72. The largest absolute Gasteiger partial charge is 0.328 e. The Morgan fingerprint density at radius 1 is 1.00 bits per heavy atom. The van der Waals surface area contributed by atoms with E-state index in [1.54, 1.807) is 12.1 Å². The molecule has 2 N–H and O–H groups in total. The molecule has 5 rings (SSSR count). The number of amides is 1. The van der Waals surface area contributed by atoms with E-state index in [2.05, 4.69) is 19.6 Å². The Morgan fingerprint density at radius 3 is 2.58 bits per heavy atom. The number of nitrogens with one attached hydrogen (secondary N) is 2. The maximum absolute atomic E-state index is 12.8. The van der Waals surface area contributed by atoms with Gasteiger partial charge in [0.25, 0.3) is 5.91 Å². The predicted molar refractivity (Wildman–Crippen MR) is 128 cm³/mol. The number of benzene rings is 2. The molecule has 0 saturated heterocycles. The number of sulfonamides is 1. The van der Waals surface area contributed by atoms with Gasteiger partial charge in [0.2, 0.25) is 10.0 Å². The van der Waals surface area contributed by atoms with Gasteiger partial charge >= 0.3 is 0 Å². The van der Waals surface area contributed by atoms with E-state index in [1.807, 2.05) is 30.5 Å². The van der Waals surface area contributed by atoms with Crippen molar-refractivity contribution in [3.63, 3.8) is 0 Å². The molecule has 1 aliphatic carbocycles. The number of carbonyl (C=O) groups excluding carboxylic acids is 1. The van der Waals surface area contributed by atoms with E-state index >= 15 is 0 Å². The van der Waals surface area contributed by atoms with Crippen LogP contribution in [0.25, 0.3) is 11.4 Å². The summed E-state index contributed by atoms with van der Waals surface area (Å²) >= 11 is 0. The van der Waals surface area contributed by atoms with Crippen LogP contribution in [-0.4, -0.2) is 29.9 Å². The van der Waals surface area contributed by atoms with E-state index < -0.39 is 10.0 Å². The van der Waals surface area contributed by atoms with Gasteiger partial charge in [0.15, 0.2) is 0 Å². The summed E-state index contributed by atoms with van der Waals surface area (Å²) in [4.78, 5) is 17.5. The number of anilines is 1. The normalized spacial score (nSPS) is 16.5. The van der Waals surface area contributed by atoms with E-state index in [9.17, 15) is 13.2 Å². The number of rotatable bonds is 6. The Balaban J connectivity index is 1.29. The zero-order valence-electron chi connectivity index (χ0n) is 18.5. The highest BCUT2D eigenvalue weighted by Gasteiger charge is 2.23. The van der Waals surface area contributed by atoms with Crippen molar-refractivity contribution in [1.82, 2.24) is 14.3 Å². The maximum atomic E-state index is 12.8. The van der Waals surface area contributed by atoms with E-state index in [-0.39, 0.29) is 16.8 Å². The molecule has 2 aliphatic rings. The standard InChI is InChI=1S/C25H28N4O3S/c30-25(19-6-5-10-23(16-19)33(31,32)28-21-7-1-2-8-21)27-20-13-11-18(12-14-20)24-26-17-22-9-3-4-15-29(22)24/h5-6,10-14,16-17,21,28H,1-4,7-9,15H2,(H,27,30). The Hall–Kier alpha value is -2.97. The molecule has 1 aliphatic heterocycles. The number of imidazole rings is 1. The molecule has 172 valence electrons. The molecule has 7 nitrogen and oxygen atoms in total.